The average molecular weight is 301 g/mol. The second kappa shape index (κ2) is 4.89. The van der Waals surface area contributed by atoms with Crippen molar-refractivity contribution in [3.05, 3.63) is 45.9 Å². The highest BCUT2D eigenvalue weighted by Crippen LogP contribution is 2.22. The Morgan fingerprint density at radius 1 is 1.40 bits per heavy atom. The van der Waals surface area contributed by atoms with E-state index in [1.807, 2.05) is 4.72 Å². The smallest absolute Gasteiger partial charge is 0.304 e. The van der Waals surface area contributed by atoms with Gasteiger partial charge in [-0.05, 0) is 13.0 Å². The van der Waals surface area contributed by atoms with E-state index in [4.69, 9.17) is 0 Å². The summed E-state index contributed by atoms with van der Waals surface area (Å²) in [6.07, 6.45) is 0. The molecule has 106 valence electrons. The third-order valence-electron chi connectivity index (χ3n) is 2.29. The molecule has 0 aliphatic carbocycles. The quantitative estimate of drug-likeness (QED) is 0.680. The van der Waals surface area contributed by atoms with Gasteiger partial charge < -0.3 is 4.52 Å². The second-order valence-electron chi connectivity index (χ2n) is 3.81. The molecule has 0 spiro atoms. The normalized spacial score (nSPS) is 11.3. The Hall–Kier alpha value is -2.49. The molecular formula is C10H8FN3O5S. The van der Waals surface area contributed by atoms with Crippen LogP contribution < -0.4 is 4.72 Å². The Morgan fingerprint density at radius 3 is 2.60 bits per heavy atom. The van der Waals surface area contributed by atoms with Crippen molar-refractivity contribution in [1.29, 1.82) is 0 Å². The van der Waals surface area contributed by atoms with Crippen LogP contribution in [0.5, 0.6) is 0 Å². The molecule has 1 heterocycles. The Morgan fingerprint density at radius 2 is 2.10 bits per heavy atom. The Bertz CT molecular complexity index is 771. The third-order valence-corrected chi connectivity index (χ3v) is 3.63. The molecule has 0 aliphatic rings. The Labute approximate surface area is 112 Å². The van der Waals surface area contributed by atoms with E-state index in [0.717, 1.165) is 12.1 Å². The number of hydrogen-bond acceptors (Lipinski definition) is 6. The number of nitro groups is 1. The van der Waals surface area contributed by atoms with Gasteiger partial charge in [0.1, 0.15) is 0 Å². The van der Waals surface area contributed by atoms with Gasteiger partial charge in [0.2, 0.25) is 11.7 Å². The van der Waals surface area contributed by atoms with Crippen LogP contribution in [0.2, 0.25) is 0 Å². The van der Waals surface area contributed by atoms with E-state index in [9.17, 15) is 22.9 Å². The summed E-state index contributed by atoms with van der Waals surface area (Å²) in [6.45, 7) is 1.59. The third kappa shape index (κ3) is 2.74. The van der Waals surface area contributed by atoms with Crippen LogP contribution in [0.3, 0.4) is 0 Å². The number of aryl methyl sites for hydroxylation is 1. The number of nitrogens with zero attached hydrogens (tertiary/aromatic N) is 2. The van der Waals surface area contributed by atoms with Gasteiger partial charge >= 0.3 is 5.69 Å². The van der Waals surface area contributed by atoms with Crippen molar-refractivity contribution in [2.24, 2.45) is 0 Å². The van der Waals surface area contributed by atoms with Crippen LogP contribution in [-0.4, -0.2) is 18.5 Å². The maximum Gasteiger partial charge on any atom is 0.304 e. The molecule has 0 unspecified atom stereocenters. The molecule has 1 aromatic heterocycles. The fourth-order valence-electron chi connectivity index (χ4n) is 1.41. The molecule has 0 atom stereocenters. The second-order valence-corrected chi connectivity index (χ2v) is 5.49. The minimum atomic E-state index is -4.11. The van der Waals surface area contributed by atoms with Crippen LogP contribution in [0.4, 0.5) is 16.0 Å². The first-order valence-corrected chi connectivity index (χ1v) is 6.68. The summed E-state index contributed by atoms with van der Waals surface area (Å²) in [7, 11) is -4.11. The van der Waals surface area contributed by atoms with E-state index in [1.165, 1.54) is 6.07 Å². The number of nitro benzene ring substituents is 1. The summed E-state index contributed by atoms with van der Waals surface area (Å²) in [5, 5.41) is 13.9. The molecule has 8 nitrogen and oxygen atoms in total. The summed E-state index contributed by atoms with van der Waals surface area (Å²) in [5.74, 6) is -1.38. The van der Waals surface area contributed by atoms with Crippen molar-refractivity contribution in [2.75, 3.05) is 4.72 Å². The highest BCUT2D eigenvalue weighted by Gasteiger charge is 2.21. The first kappa shape index (κ1) is 13.9. The fraction of sp³-hybridized carbons (Fsp3) is 0.100. The highest BCUT2D eigenvalue weighted by atomic mass is 32.2. The van der Waals surface area contributed by atoms with Crippen LogP contribution in [0.1, 0.15) is 5.69 Å². The molecule has 0 saturated carbocycles. The topological polar surface area (TPSA) is 115 Å². The summed E-state index contributed by atoms with van der Waals surface area (Å²) in [6, 6.07) is 3.59. The minimum Gasteiger partial charge on any atom is -0.338 e. The van der Waals surface area contributed by atoms with Crippen molar-refractivity contribution in [1.82, 2.24) is 5.16 Å². The molecule has 2 aromatic rings. The molecule has 10 heteroatoms. The molecule has 0 aliphatic heterocycles. The summed E-state index contributed by atoms with van der Waals surface area (Å²) >= 11 is 0. The van der Waals surface area contributed by atoms with E-state index in [1.54, 1.807) is 6.92 Å². The van der Waals surface area contributed by atoms with Gasteiger partial charge in [-0.15, -0.1) is 0 Å². The number of anilines is 1. The predicted octanol–water partition coefficient (Wildman–Crippen LogP) is 1.83. The maximum absolute atomic E-state index is 13.4. The summed E-state index contributed by atoms with van der Waals surface area (Å²) in [5.41, 5.74) is -0.350. The largest absolute Gasteiger partial charge is 0.338 e. The van der Waals surface area contributed by atoms with Crippen LogP contribution in [0.25, 0.3) is 0 Å². The van der Waals surface area contributed by atoms with Crippen LogP contribution in [-0.2, 0) is 10.0 Å². The molecule has 2 rings (SSSR count). The first-order chi connectivity index (χ1) is 9.29. The van der Waals surface area contributed by atoms with Crippen molar-refractivity contribution in [3.8, 4) is 0 Å². The van der Waals surface area contributed by atoms with Gasteiger partial charge in [-0.3, -0.25) is 10.1 Å². The highest BCUT2D eigenvalue weighted by molar-refractivity contribution is 7.92. The maximum atomic E-state index is 13.4. The van der Waals surface area contributed by atoms with Gasteiger partial charge in [-0.1, -0.05) is 5.16 Å². The van der Waals surface area contributed by atoms with Crippen molar-refractivity contribution in [3.63, 3.8) is 0 Å². The molecule has 1 N–H and O–H groups in total. The monoisotopic (exact) mass is 301 g/mol. The Kier molecular flexibility index (Phi) is 3.40. The number of hydrogen-bond donors (Lipinski definition) is 1. The number of benzene rings is 1. The van der Waals surface area contributed by atoms with Crippen molar-refractivity contribution < 1.29 is 22.3 Å². The number of nitrogens with one attached hydrogen (secondary N) is 1. The number of halogens is 1. The lowest BCUT2D eigenvalue weighted by atomic mass is 10.3. The number of rotatable bonds is 4. The van der Waals surface area contributed by atoms with E-state index in [2.05, 4.69) is 9.68 Å². The van der Waals surface area contributed by atoms with Crippen molar-refractivity contribution >= 4 is 21.6 Å². The molecule has 0 fully saturated rings. The lowest BCUT2D eigenvalue weighted by Gasteiger charge is -2.04. The van der Waals surface area contributed by atoms with Crippen LogP contribution in [0, 0.1) is 22.9 Å². The van der Waals surface area contributed by atoms with Gasteiger partial charge in [0, 0.05) is 18.2 Å². The molecule has 0 bridgehead atoms. The molecule has 0 radical (unpaired) electrons. The SMILES string of the molecule is Cc1cc(NS(=O)(=O)c2ccc([N+](=O)[O-])c(F)c2)on1. The molecule has 0 amide bonds. The van der Waals surface area contributed by atoms with E-state index in [-0.39, 0.29) is 5.88 Å². The van der Waals surface area contributed by atoms with Gasteiger partial charge in [0.25, 0.3) is 10.0 Å². The summed E-state index contributed by atoms with van der Waals surface area (Å²) in [4.78, 5) is 9.04. The standard InChI is InChI=1S/C10H8FN3O5S/c1-6-4-10(19-12-6)13-20(17,18)7-2-3-9(14(15)16)8(11)5-7/h2-5,13H,1H3. The molecular weight excluding hydrogens is 293 g/mol. The zero-order chi connectivity index (χ0) is 14.9. The van der Waals surface area contributed by atoms with Gasteiger partial charge in [0.15, 0.2) is 0 Å². The zero-order valence-corrected chi connectivity index (χ0v) is 10.8. The van der Waals surface area contributed by atoms with E-state index in [0.29, 0.717) is 11.8 Å². The predicted molar refractivity (Wildman–Crippen MR) is 65.1 cm³/mol. The number of aromatic nitrogens is 1. The lowest BCUT2D eigenvalue weighted by Crippen LogP contribution is -2.13. The zero-order valence-electron chi connectivity index (χ0n) is 10.0. The fourth-order valence-corrected chi connectivity index (χ4v) is 2.39. The number of sulfonamides is 1. The van der Waals surface area contributed by atoms with Crippen LogP contribution >= 0.6 is 0 Å². The molecule has 0 saturated heterocycles. The van der Waals surface area contributed by atoms with Gasteiger partial charge in [-0.25, -0.2) is 13.1 Å². The van der Waals surface area contributed by atoms with Gasteiger partial charge in [0.05, 0.1) is 15.5 Å². The molecule has 1 aromatic carbocycles. The molecule has 20 heavy (non-hydrogen) atoms. The van der Waals surface area contributed by atoms with Crippen LogP contribution in [0.15, 0.2) is 33.7 Å². The summed E-state index contributed by atoms with van der Waals surface area (Å²) < 4.78 is 43.9. The lowest BCUT2D eigenvalue weighted by molar-refractivity contribution is -0.387. The average Bonchev–Trinajstić information content (AvgIpc) is 2.73. The van der Waals surface area contributed by atoms with Crippen molar-refractivity contribution in [2.45, 2.75) is 11.8 Å². The first-order valence-electron chi connectivity index (χ1n) is 5.20. The van der Waals surface area contributed by atoms with Gasteiger partial charge in [-0.2, -0.15) is 4.39 Å². The van der Waals surface area contributed by atoms with E-state index < -0.39 is 31.3 Å². The Balaban J connectivity index is 2.35. The minimum absolute atomic E-state index is 0.138. The van der Waals surface area contributed by atoms with E-state index >= 15 is 0 Å².